The predicted molar refractivity (Wildman–Crippen MR) is 388 cm³/mol. The summed E-state index contributed by atoms with van der Waals surface area (Å²) in [7, 11) is 0. The third-order valence-electron chi connectivity index (χ3n) is 18.2. The van der Waals surface area contributed by atoms with Crippen molar-refractivity contribution >= 4 is 45.3 Å². The van der Waals surface area contributed by atoms with Crippen molar-refractivity contribution in [3.8, 4) is 89.6 Å². The molecule has 0 saturated heterocycles. The number of anilines is 6. The van der Waals surface area contributed by atoms with Gasteiger partial charge >= 0.3 is 306 Å². The first-order chi connectivity index (χ1) is 45.7. The first kappa shape index (κ1) is 59.6. The fourth-order valence-corrected chi connectivity index (χ4v) is 14.5. The first-order valence-corrected chi connectivity index (χ1v) is 33.4. The Kier molecular flexibility index (Phi) is 15.5. The second-order valence-electron chi connectivity index (χ2n) is 26.4. The van der Waals surface area contributed by atoms with Crippen LogP contribution in [0.3, 0.4) is 0 Å². The number of ether oxygens (including phenoxy) is 1. The van der Waals surface area contributed by atoms with Crippen LogP contribution in [0.2, 0.25) is 0 Å². The molecule has 0 N–H and O–H groups in total. The zero-order valence-corrected chi connectivity index (χ0v) is 56.1. The molecule has 7 heteroatoms. The molecule has 6 nitrogen and oxygen atoms in total. The van der Waals surface area contributed by atoms with Crippen LogP contribution in [0, 0.1) is 10.7 Å². The first-order valence-electron chi connectivity index (χ1n) is 32.2. The van der Waals surface area contributed by atoms with Gasteiger partial charge in [-0.3, -0.25) is 0 Å². The number of aryl methyl sites for hydroxylation is 1. The molecule has 0 spiro atoms. The van der Waals surface area contributed by atoms with Crippen LogP contribution >= 0.6 is 0 Å². The fraction of sp³-hybridized carbons (Fsp3) is 0.103. The van der Waals surface area contributed by atoms with Gasteiger partial charge in [-0.25, -0.2) is 0 Å². The van der Waals surface area contributed by atoms with Crippen LogP contribution in [-0.2, 0) is 30.2 Å². The van der Waals surface area contributed by atoms with Crippen LogP contribution < -0.4 is 14.5 Å². The van der Waals surface area contributed by atoms with Crippen molar-refractivity contribution in [1.29, 1.82) is 0 Å². The Hall–Kier alpha value is -10.7. The predicted octanol–water partition coefficient (Wildman–Crippen LogP) is 23.8. The topological polar surface area (TPSA) is 38.5 Å². The van der Waals surface area contributed by atoms with E-state index in [2.05, 4.69) is 390 Å². The summed E-state index contributed by atoms with van der Waals surface area (Å²) in [6, 6.07) is 108. The monoisotopic (exact) mass is 1400 g/mol. The molecule has 0 radical (unpaired) electrons. The van der Waals surface area contributed by atoms with E-state index in [1.165, 1.54) is 22.3 Å². The molecular formula is C87H71N5OPt. The summed E-state index contributed by atoms with van der Waals surface area (Å²) in [4.78, 5) is 10.4. The smallest absolute Gasteiger partial charge is 0.0622 e. The number of hydrogen-bond donors (Lipinski definition) is 0. The third kappa shape index (κ3) is 11.1. The Morgan fingerprint density at radius 2 is 0.809 bits per heavy atom. The van der Waals surface area contributed by atoms with E-state index in [1.807, 2.05) is 0 Å². The van der Waals surface area contributed by atoms with Gasteiger partial charge in [-0.2, -0.15) is 0 Å². The molecule has 0 bridgehead atoms. The van der Waals surface area contributed by atoms with E-state index in [1.54, 1.807) is 0 Å². The van der Waals surface area contributed by atoms with E-state index in [0.717, 1.165) is 122 Å². The van der Waals surface area contributed by atoms with Gasteiger partial charge in [0, 0.05) is 23.0 Å². The van der Waals surface area contributed by atoms with Crippen LogP contribution in [0.5, 0.6) is 11.5 Å². The van der Waals surface area contributed by atoms with E-state index < -0.39 is 0 Å². The number of imidazole rings is 1. The van der Waals surface area contributed by atoms with Crippen LogP contribution in [0.15, 0.2) is 303 Å². The van der Waals surface area contributed by atoms with Gasteiger partial charge in [-0.05, 0) is 81.5 Å². The summed E-state index contributed by atoms with van der Waals surface area (Å²) >= 11 is 2.53. The minimum atomic E-state index is -0.164. The average Bonchev–Trinajstić information content (AvgIpc) is 1.43. The van der Waals surface area contributed by atoms with Gasteiger partial charge in [-0.1, -0.05) is 145 Å². The SMILES string of the molecule is Cc1cc(N2c3ccc(C(C)(C)C)cc3-c3ccccc3N(c3ccc(C(C)(C)C)cc3)c3ccccc3-c3ccc(Oc4cccc(-n5[c](=[Pt])n(-c6c(-c7ccccc7)cccc6-c6ccccc6)c6ccccc65)c4)cc32)ncc1-c1ccc(-c2ccccc2)cc1. The molecule has 0 atom stereocenters. The van der Waals surface area contributed by atoms with Crippen molar-refractivity contribution in [2.75, 3.05) is 9.80 Å². The number of fused-ring (bicyclic) bond motifs is 7. The number of para-hydroxylation sites is 5. The molecule has 0 aliphatic carbocycles. The molecule has 460 valence electrons. The maximum atomic E-state index is 7.30. The molecule has 0 amide bonds. The van der Waals surface area contributed by atoms with Gasteiger partial charge in [-0.15, -0.1) is 0 Å². The molecule has 1 aliphatic heterocycles. The standard InChI is InChI=1S/C87H71N5O.Pt/c1-59-53-84(88-57-77(59)64-43-41-61(42-44-64)60-25-11-8-12-26-60)92-80-52-47-66(87(5,6)7)54-76(80)74-34-18-20-38-79(74)91(67-48-45-65(46-49-67)86(2,3)4)78-37-19-17-33-73(78)75-51-50-70(56-83(75)92)93-69-32-23-31-68(55-69)89-58-90(82-40-22-21-39-81(82)89)85-71(62-27-13-9-14-28-62)35-24-36-72(85)63-29-15-10-16-30-63;/h8-57H,1-7H3;. The summed E-state index contributed by atoms with van der Waals surface area (Å²) in [5, 5.41) is 0. The summed E-state index contributed by atoms with van der Waals surface area (Å²) in [5.41, 5.74) is 26.1. The van der Waals surface area contributed by atoms with Crippen molar-refractivity contribution in [2.24, 2.45) is 0 Å². The molecule has 2 aromatic heterocycles. The van der Waals surface area contributed by atoms with E-state index in [9.17, 15) is 0 Å². The van der Waals surface area contributed by atoms with E-state index in [0.29, 0.717) is 11.5 Å². The third-order valence-corrected chi connectivity index (χ3v) is 19.3. The fourth-order valence-electron chi connectivity index (χ4n) is 13.4. The molecular weight excluding hydrogens is 1330 g/mol. The van der Waals surface area contributed by atoms with Crippen LogP contribution in [0.4, 0.5) is 34.3 Å². The van der Waals surface area contributed by atoms with E-state index in [-0.39, 0.29) is 10.8 Å². The van der Waals surface area contributed by atoms with Gasteiger partial charge in [0.15, 0.2) is 0 Å². The molecule has 14 aromatic rings. The number of benzene rings is 12. The molecule has 15 rings (SSSR count). The molecule has 3 heterocycles. The molecule has 0 unspecified atom stereocenters. The summed E-state index contributed by atoms with van der Waals surface area (Å²) in [5.74, 6) is 2.16. The quantitative estimate of drug-likeness (QED) is 0.137. The summed E-state index contributed by atoms with van der Waals surface area (Å²) < 4.78 is 13.1. The Morgan fingerprint density at radius 1 is 0.330 bits per heavy atom. The number of pyridine rings is 1. The van der Waals surface area contributed by atoms with Crippen molar-refractivity contribution in [1.82, 2.24) is 14.1 Å². The maximum absolute atomic E-state index is 7.30. The second kappa shape index (κ2) is 24.4. The van der Waals surface area contributed by atoms with E-state index >= 15 is 0 Å². The van der Waals surface area contributed by atoms with Crippen molar-refractivity contribution in [3.63, 3.8) is 0 Å². The van der Waals surface area contributed by atoms with Crippen LogP contribution in [0.25, 0.3) is 89.2 Å². The van der Waals surface area contributed by atoms with Gasteiger partial charge in [0.05, 0.1) is 5.69 Å². The number of rotatable bonds is 10. The number of nitrogens with zero attached hydrogens (tertiary/aromatic N) is 5. The molecule has 1 aliphatic rings. The Balaban J connectivity index is 0.925. The summed E-state index contributed by atoms with van der Waals surface area (Å²) in [6.45, 7) is 15.9. The molecule has 0 saturated carbocycles. The normalized spacial score (nSPS) is 12.2. The minimum Gasteiger partial charge on any atom is -0.0622 e. The van der Waals surface area contributed by atoms with Crippen molar-refractivity contribution in [2.45, 2.75) is 59.3 Å². The van der Waals surface area contributed by atoms with Crippen LogP contribution in [-0.4, -0.2) is 14.1 Å². The zero-order chi connectivity index (χ0) is 64.2. The zero-order valence-electron chi connectivity index (χ0n) is 53.8. The number of aromatic nitrogens is 3. The second-order valence-corrected chi connectivity index (χ2v) is 27.4. The van der Waals surface area contributed by atoms with Gasteiger partial charge < -0.3 is 4.90 Å². The molecule has 94 heavy (non-hydrogen) atoms. The summed E-state index contributed by atoms with van der Waals surface area (Å²) in [6.07, 6.45) is 2.06. The van der Waals surface area contributed by atoms with Gasteiger partial charge in [0.2, 0.25) is 0 Å². The van der Waals surface area contributed by atoms with E-state index in [4.69, 9.17) is 9.72 Å². The van der Waals surface area contributed by atoms with Gasteiger partial charge in [0.25, 0.3) is 0 Å². The van der Waals surface area contributed by atoms with Gasteiger partial charge in [0.1, 0.15) is 0 Å². The number of hydrogen-bond acceptors (Lipinski definition) is 4. The van der Waals surface area contributed by atoms with Crippen molar-refractivity contribution in [3.05, 3.63) is 324 Å². The van der Waals surface area contributed by atoms with Crippen LogP contribution in [0.1, 0.15) is 58.2 Å². The molecule has 12 aromatic carbocycles. The Bertz CT molecular complexity index is 5150. The molecule has 0 fully saturated rings. The average molecular weight is 1400 g/mol. The minimum absolute atomic E-state index is 0.0238. The Morgan fingerprint density at radius 3 is 1.43 bits per heavy atom. The Labute approximate surface area is 562 Å². The van der Waals surface area contributed by atoms with Crippen molar-refractivity contribution < 1.29 is 24.1 Å².